The van der Waals surface area contributed by atoms with E-state index in [1.165, 1.54) is 0 Å². The SMILES string of the molecule is Cc1ccc(NN=C(C#N)C#N)cc1NC(=O)C(C)C. The zero-order valence-electron chi connectivity index (χ0n) is 11.6. The van der Waals surface area contributed by atoms with Crippen LogP contribution in [-0.2, 0) is 4.79 Å². The van der Waals surface area contributed by atoms with Crippen LogP contribution < -0.4 is 10.7 Å². The molecular weight excluding hydrogens is 254 g/mol. The number of nitrogens with one attached hydrogen (secondary N) is 2. The first-order valence-electron chi connectivity index (χ1n) is 6.03. The number of nitriles is 2. The van der Waals surface area contributed by atoms with E-state index in [-0.39, 0.29) is 17.5 Å². The van der Waals surface area contributed by atoms with Gasteiger partial charge in [-0.15, -0.1) is 0 Å². The molecule has 1 aromatic carbocycles. The smallest absolute Gasteiger partial charge is 0.237 e. The first kappa shape index (κ1) is 15.2. The average molecular weight is 269 g/mol. The summed E-state index contributed by atoms with van der Waals surface area (Å²) in [4.78, 5) is 11.7. The number of hydrazone groups is 1. The van der Waals surface area contributed by atoms with E-state index in [1.54, 1.807) is 24.3 Å². The topological polar surface area (TPSA) is 101 Å². The summed E-state index contributed by atoms with van der Waals surface area (Å²) in [6, 6.07) is 8.56. The molecule has 1 aromatic rings. The highest BCUT2D eigenvalue weighted by Crippen LogP contribution is 2.21. The molecule has 102 valence electrons. The Morgan fingerprint density at radius 2 is 1.95 bits per heavy atom. The summed E-state index contributed by atoms with van der Waals surface area (Å²) in [5.41, 5.74) is 4.50. The van der Waals surface area contributed by atoms with Crippen LogP contribution in [0.2, 0.25) is 0 Å². The molecule has 0 unspecified atom stereocenters. The van der Waals surface area contributed by atoms with Crippen molar-refractivity contribution >= 4 is 23.0 Å². The molecule has 0 saturated carbocycles. The molecule has 0 aliphatic heterocycles. The Labute approximate surface area is 117 Å². The van der Waals surface area contributed by atoms with Gasteiger partial charge in [-0.2, -0.15) is 15.6 Å². The van der Waals surface area contributed by atoms with E-state index >= 15 is 0 Å². The summed E-state index contributed by atoms with van der Waals surface area (Å²) in [6.45, 7) is 5.49. The van der Waals surface area contributed by atoms with Gasteiger partial charge < -0.3 is 5.32 Å². The van der Waals surface area contributed by atoms with Crippen molar-refractivity contribution in [3.63, 3.8) is 0 Å². The molecule has 1 rings (SSSR count). The van der Waals surface area contributed by atoms with Crippen molar-refractivity contribution in [1.29, 1.82) is 10.5 Å². The zero-order chi connectivity index (χ0) is 15.1. The van der Waals surface area contributed by atoms with Gasteiger partial charge >= 0.3 is 0 Å². The van der Waals surface area contributed by atoms with E-state index in [9.17, 15) is 4.79 Å². The van der Waals surface area contributed by atoms with Gasteiger partial charge in [-0.1, -0.05) is 19.9 Å². The van der Waals surface area contributed by atoms with Gasteiger partial charge in [0.25, 0.3) is 0 Å². The quantitative estimate of drug-likeness (QED) is 0.647. The van der Waals surface area contributed by atoms with Crippen LogP contribution in [-0.4, -0.2) is 11.6 Å². The van der Waals surface area contributed by atoms with Crippen molar-refractivity contribution in [2.45, 2.75) is 20.8 Å². The maximum Gasteiger partial charge on any atom is 0.237 e. The van der Waals surface area contributed by atoms with Gasteiger partial charge in [0.05, 0.1) is 5.69 Å². The molecule has 0 bridgehead atoms. The second kappa shape index (κ2) is 6.91. The summed E-state index contributed by atoms with van der Waals surface area (Å²) in [5, 5.41) is 23.6. The molecule has 1 amide bonds. The average Bonchev–Trinajstić information content (AvgIpc) is 2.43. The van der Waals surface area contributed by atoms with Crippen LogP contribution in [0.5, 0.6) is 0 Å². The molecule has 20 heavy (non-hydrogen) atoms. The lowest BCUT2D eigenvalue weighted by atomic mass is 10.1. The minimum atomic E-state index is -0.265. The third kappa shape index (κ3) is 4.11. The van der Waals surface area contributed by atoms with E-state index in [0.717, 1.165) is 5.56 Å². The molecule has 2 N–H and O–H groups in total. The van der Waals surface area contributed by atoms with E-state index in [4.69, 9.17) is 10.5 Å². The van der Waals surface area contributed by atoms with Crippen LogP contribution in [0.4, 0.5) is 11.4 Å². The number of hydrogen-bond acceptors (Lipinski definition) is 5. The second-order valence-corrected chi connectivity index (χ2v) is 4.47. The van der Waals surface area contributed by atoms with Gasteiger partial charge in [-0.25, -0.2) is 0 Å². The lowest BCUT2D eigenvalue weighted by Crippen LogP contribution is -2.18. The van der Waals surface area contributed by atoms with E-state index in [1.807, 2.05) is 26.8 Å². The predicted octanol–water partition coefficient (Wildman–Crippen LogP) is 2.40. The van der Waals surface area contributed by atoms with E-state index < -0.39 is 0 Å². The summed E-state index contributed by atoms with van der Waals surface area (Å²) < 4.78 is 0. The Bertz CT molecular complexity index is 603. The first-order valence-corrected chi connectivity index (χ1v) is 6.03. The zero-order valence-corrected chi connectivity index (χ0v) is 11.6. The highest BCUT2D eigenvalue weighted by molar-refractivity contribution is 6.10. The Morgan fingerprint density at radius 1 is 1.30 bits per heavy atom. The molecule has 6 heteroatoms. The molecule has 0 saturated heterocycles. The van der Waals surface area contributed by atoms with Gasteiger partial charge in [0.15, 0.2) is 0 Å². The summed E-state index contributed by atoms with van der Waals surface area (Å²) in [5.74, 6) is -0.198. The number of amides is 1. The number of rotatable bonds is 4. The number of hydrogen-bond donors (Lipinski definition) is 2. The third-order valence-corrected chi connectivity index (χ3v) is 2.53. The van der Waals surface area contributed by atoms with Crippen LogP contribution in [0, 0.1) is 35.5 Å². The molecule has 0 aromatic heterocycles. The highest BCUT2D eigenvalue weighted by atomic mass is 16.1. The highest BCUT2D eigenvalue weighted by Gasteiger charge is 2.09. The normalized spacial score (nSPS) is 9.30. The molecule has 6 nitrogen and oxygen atoms in total. The maximum atomic E-state index is 11.7. The number of carbonyl (C=O) groups excluding carboxylic acids is 1. The van der Waals surface area contributed by atoms with Gasteiger partial charge in [-0.05, 0) is 24.6 Å². The number of carbonyl (C=O) groups is 1. The fraction of sp³-hybridized carbons (Fsp3) is 0.286. The maximum absolute atomic E-state index is 11.7. The Morgan fingerprint density at radius 3 is 2.50 bits per heavy atom. The monoisotopic (exact) mass is 269 g/mol. The molecule has 0 radical (unpaired) electrons. The molecule has 0 spiro atoms. The molecule has 0 fully saturated rings. The minimum absolute atomic E-state index is 0.0801. The minimum Gasteiger partial charge on any atom is -0.326 e. The standard InChI is InChI=1S/C14H15N5O/c1-9(2)14(20)17-13-6-11(5-4-10(13)3)18-19-12(7-15)8-16/h4-6,9,18H,1-3H3,(H,17,20). The number of nitrogens with zero attached hydrogens (tertiary/aromatic N) is 3. The number of benzene rings is 1. The van der Waals surface area contributed by atoms with Crippen molar-refractivity contribution in [2.75, 3.05) is 10.7 Å². The second-order valence-electron chi connectivity index (χ2n) is 4.47. The predicted molar refractivity (Wildman–Crippen MR) is 76.9 cm³/mol. The molecule has 0 atom stereocenters. The third-order valence-electron chi connectivity index (χ3n) is 2.53. The fourth-order valence-corrected chi connectivity index (χ4v) is 1.30. The van der Waals surface area contributed by atoms with E-state index in [0.29, 0.717) is 11.4 Å². The Kier molecular flexibility index (Phi) is 5.25. The van der Waals surface area contributed by atoms with Crippen LogP contribution in [0.15, 0.2) is 23.3 Å². The number of anilines is 2. The van der Waals surface area contributed by atoms with Crippen molar-refractivity contribution in [1.82, 2.24) is 0 Å². The van der Waals surface area contributed by atoms with Crippen LogP contribution in [0.25, 0.3) is 0 Å². The molecule has 0 aliphatic rings. The number of aryl methyl sites for hydroxylation is 1. The Balaban J connectivity index is 2.93. The van der Waals surface area contributed by atoms with Crippen molar-refractivity contribution in [3.05, 3.63) is 23.8 Å². The molecule has 0 aliphatic carbocycles. The van der Waals surface area contributed by atoms with Crippen molar-refractivity contribution < 1.29 is 4.79 Å². The van der Waals surface area contributed by atoms with Crippen LogP contribution >= 0.6 is 0 Å². The van der Waals surface area contributed by atoms with Crippen molar-refractivity contribution in [3.8, 4) is 12.1 Å². The summed E-state index contributed by atoms with van der Waals surface area (Å²) in [7, 11) is 0. The fourth-order valence-electron chi connectivity index (χ4n) is 1.30. The first-order chi connectivity index (χ1) is 9.47. The van der Waals surface area contributed by atoms with Gasteiger partial charge in [0, 0.05) is 11.6 Å². The Hall–Kier alpha value is -2.86. The largest absolute Gasteiger partial charge is 0.326 e. The lowest BCUT2D eigenvalue weighted by Gasteiger charge is -2.11. The van der Waals surface area contributed by atoms with Crippen molar-refractivity contribution in [2.24, 2.45) is 11.0 Å². The summed E-state index contributed by atoms with van der Waals surface area (Å²) in [6.07, 6.45) is 0. The molecule has 0 heterocycles. The molecular formula is C14H15N5O. The lowest BCUT2D eigenvalue weighted by molar-refractivity contribution is -0.118. The van der Waals surface area contributed by atoms with Crippen LogP contribution in [0.3, 0.4) is 0 Å². The van der Waals surface area contributed by atoms with Gasteiger partial charge in [-0.3, -0.25) is 10.2 Å². The van der Waals surface area contributed by atoms with Gasteiger partial charge in [0.1, 0.15) is 12.1 Å². The summed E-state index contributed by atoms with van der Waals surface area (Å²) >= 11 is 0. The van der Waals surface area contributed by atoms with Crippen LogP contribution in [0.1, 0.15) is 19.4 Å². The van der Waals surface area contributed by atoms with Gasteiger partial charge in [0.2, 0.25) is 11.6 Å². The van der Waals surface area contributed by atoms with E-state index in [2.05, 4.69) is 15.8 Å².